The van der Waals surface area contributed by atoms with Gasteiger partial charge in [0.15, 0.2) is 0 Å². The van der Waals surface area contributed by atoms with Crippen LogP contribution in [0.1, 0.15) is 97.3 Å². The maximum absolute atomic E-state index is 2.54. The van der Waals surface area contributed by atoms with Gasteiger partial charge in [-0.15, -0.1) is 0 Å². The van der Waals surface area contributed by atoms with Gasteiger partial charge in [-0.2, -0.15) is 0 Å². The molecule has 5 rings (SSSR count). The molecule has 0 N–H and O–H groups in total. The molecule has 0 aromatic heterocycles. The molecule has 1 aliphatic carbocycles. The second kappa shape index (κ2) is 12.1. The van der Waals surface area contributed by atoms with Crippen molar-refractivity contribution in [3.63, 3.8) is 0 Å². The average Bonchev–Trinajstić information content (AvgIpc) is 3.02. The Balaban J connectivity index is 1.46. The monoisotopic (exact) mass is 557 g/mol. The summed E-state index contributed by atoms with van der Waals surface area (Å²) in [6.45, 7) is 17.1. The molecule has 0 amide bonds. The van der Waals surface area contributed by atoms with Gasteiger partial charge < -0.3 is 4.90 Å². The molecule has 1 aliphatic rings. The molecule has 0 saturated heterocycles. The van der Waals surface area contributed by atoms with Crippen molar-refractivity contribution < 1.29 is 0 Å². The zero-order valence-electron chi connectivity index (χ0n) is 27.1. The lowest BCUT2D eigenvalue weighted by Gasteiger charge is -2.51. The standard InChI is InChI=1S/C41H51N/c1-8-39(5,9-2)30-41(7,40(6,10-3)11-4)35-24-19-31(20-25-35)32-21-26-37(27-22-32)42(36-15-13-12-14-16-36)38-28-23-33-17-18-34(33)29-38/h12-16,19-29H,8-11,17-18,30H2,1-7H3. The molecule has 1 unspecified atom stereocenters. The van der Waals surface area contributed by atoms with Crippen LogP contribution >= 0.6 is 0 Å². The van der Waals surface area contributed by atoms with Gasteiger partial charge in [-0.3, -0.25) is 0 Å². The summed E-state index contributed by atoms with van der Waals surface area (Å²) in [5.74, 6) is 0. The molecule has 220 valence electrons. The summed E-state index contributed by atoms with van der Waals surface area (Å²) < 4.78 is 0. The van der Waals surface area contributed by atoms with Crippen LogP contribution in [0.2, 0.25) is 0 Å². The Morgan fingerprint density at radius 1 is 0.548 bits per heavy atom. The number of benzene rings is 4. The Labute approximate surface area is 256 Å². The molecule has 0 saturated carbocycles. The first-order chi connectivity index (χ1) is 20.2. The third-order valence-corrected chi connectivity index (χ3v) is 11.5. The van der Waals surface area contributed by atoms with Crippen LogP contribution in [-0.2, 0) is 18.3 Å². The highest BCUT2D eigenvalue weighted by Crippen LogP contribution is 2.54. The SMILES string of the molecule is CCC(C)(CC)CC(C)(c1ccc(-c2ccc(N(c3ccccc3)c3ccc4c(c3)CC4)cc2)cc1)C(C)(CC)CC. The van der Waals surface area contributed by atoms with E-state index < -0.39 is 0 Å². The fraction of sp³-hybridized carbons (Fsp3) is 0.415. The van der Waals surface area contributed by atoms with Gasteiger partial charge in [-0.1, -0.05) is 122 Å². The van der Waals surface area contributed by atoms with E-state index in [9.17, 15) is 0 Å². The number of hydrogen-bond donors (Lipinski definition) is 0. The predicted octanol–water partition coefficient (Wildman–Crippen LogP) is 12.2. The van der Waals surface area contributed by atoms with Crippen LogP contribution in [0, 0.1) is 10.8 Å². The molecule has 0 radical (unpaired) electrons. The summed E-state index contributed by atoms with van der Waals surface area (Å²) in [5, 5.41) is 0. The number of anilines is 3. The molecular formula is C41H51N. The van der Waals surface area contributed by atoms with Gasteiger partial charge >= 0.3 is 0 Å². The van der Waals surface area contributed by atoms with Crippen LogP contribution in [0.25, 0.3) is 11.1 Å². The topological polar surface area (TPSA) is 3.24 Å². The normalized spacial score (nSPS) is 14.5. The second-order valence-electron chi connectivity index (χ2n) is 13.5. The number of fused-ring (bicyclic) bond motifs is 1. The zero-order valence-corrected chi connectivity index (χ0v) is 27.1. The molecule has 0 aliphatic heterocycles. The molecule has 4 aromatic carbocycles. The lowest BCUT2D eigenvalue weighted by Crippen LogP contribution is -2.44. The fourth-order valence-electron chi connectivity index (χ4n) is 7.23. The van der Waals surface area contributed by atoms with E-state index in [0.29, 0.717) is 5.41 Å². The summed E-state index contributed by atoms with van der Waals surface area (Å²) >= 11 is 0. The van der Waals surface area contributed by atoms with Gasteiger partial charge in [0.05, 0.1) is 0 Å². The van der Waals surface area contributed by atoms with Crippen molar-refractivity contribution in [1.82, 2.24) is 0 Å². The Bertz CT molecular complexity index is 1460. The van der Waals surface area contributed by atoms with Crippen molar-refractivity contribution in [2.45, 2.75) is 98.8 Å². The zero-order chi connectivity index (χ0) is 30.0. The molecule has 0 heterocycles. The van der Waals surface area contributed by atoms with Crippen molar-refractivity contribution in [2.24, 2.45) is 10.8 Å². The Morgan fingerprint density at radius 2 is 1.07 bits per heavy atom. The van der Waals surface area contributed by atoms with Crippen molar-refractivity contribution in [3.8, 4) is 11.1 Å². The number of hydrogen-bond acceptors (Lipinski definition) is 1. The van der Waals surface area contributed by atoms with Gasteiger partial charge in [-0.05, 0) is 113 Å². The lowest BCUT2D eigenvalue weighted by molar-refractivity contribution is 0.0728. The smallest absolute Gasteiger partial charge is 0.0464 e. The summed E-state index contributed by atoms with van der Waals surface area (Å²) in [6, 6.07) is 36.4. The molecule has 1 atom stereocenters. The first kappa shape index (κ1) is 30.1. The molecule has 4 aromatic rings. The van der Waals surface area contributed by atoms with E-state index >= 15 is 0 Å². The molecule has 1 heteroatoms. The molecule has 42 heavy (non-hydrogen) atoms. The number of para-hydroxylation sites is 1. The minimum absolute atomic E-state index is 0.118. The summed E-state index contributed by atoms with van der Waals surface area (Å²) in [7, 11) is 0. The lowest BCUT2D eigenvalue weighted by atomic mass is 9.53. The highest BCUT2D eigenvalue weighted by molar-refractivity contribution is 5.79. The van der Waals surface area contributed by atoms with E-state index in [1.807, 2.05) is 0 Å². The molecule has 1 nitrogen and oxygen atoms in total. The van der Waals surface area contributed by atoms with Crippen LogP contribution < -0.4 is 4.90 Å². The fourth-order valence-corrected chi connectivity index (χ4v) is 7.23. The molecule has 0 bridgehead atoms. The van der Waals surface area contributed by atoms with E-state index in [1.54, 1.807) is 0 Å². The second-order valence-corrected chi connectivity index (χ2v) is 13.5. The highest BCUT2D eigenvalue weighted by atomic mass is 15.1. The average molecular weight is 558 g/mol. The molecule has 0 spiro atoms. The Morgan fingerprint density at radius 3 is 1.57 bits per heavy atom. The quantitative estimate of drug-likeness (QED) is 0.167. The van der Waals surface area contributed by atoms with Gasteiger partial charge in [0, 0.05) is 17.1 Å². The summed E-state index contributed by atoms with van der Waals surface area (Å²) in [5.41, 5.74) is 11.3. The van der Waals surface area contributed by atoms with E-state index in [-0.39, 0.29) is 10.8 Å². The summed E-state index contributed by atoms with van der Waals surface area (Å²) in [4.78, 5) is 2.38. The molecular weight excluding hydrogens is 506 g/mol. The Kier molecular flexibility index (Phi) is 8.70. The number of aryl methyl sites for hydroxylation is 2. The minimum Gasteiger partial charge on any atom is -0.310 e. The van der Waals surface area contributed by atoms with E-state index in [4.69, 9.17) is 0 Å². The number of nitrogens with zero attached hydrogens (tertiary/aromatic N) is 1. The Hall–Kier alpha value is -3.32. The third kappa shape index (κ3) is 5.56. The first-order valence-corrected chi connectivity index (χ1v) is 16.4. The van der Waals surface area contributed by atoms with Crippen LogP contribution in [0.15, 0.2) is 97.1 Å². The largest absolute Gasteiger partial charge is 0.310 e. The maximum Gasteiger partial charge on any atom is 0.0464 e. The maximum atomic E-state index is 2.54. The highest BCUT2D eigenvalue weighted by Gasteiger charge is 2.46. The van der Waals surface area contributed by atoms with E-state index in [2.05, 4.69) is 150 Å². The van der Waals surface area contributed by atoms with Crippen LogP contribution in [0.4, 0.5) is 17.1 Å². The van der Waals surface area contributed by atoms with Gasteiger partial charge in [0.2, 0.25) is 0 Å². The summed E-state index contributed by atoms with van der Waals surface area (Å²) in [6.07, 6.45) is 8.43. The van der Waals surface area contributed by atoms with Crippen molar-refractivity contribution in [2.75, 3.05) is 4.90 Å². The van der Waals surface area contributed by atoms with Crippen LogP contribution in [0.5, 0.6) is 0 Å². The van der Waals surface area contributed by atoms with Gasteiger partial charge in [-0.25, -0.2) is 0 Å². The third-order valence-electron chi connectivity index (χ3n) is 11.5. The van der Waals surface area contributed by atoms with Crippen molar-refractivity contribution in [1.29, 1.82) is 0 Å². The van der Waals surface area contributed by atoms with E-state index in [1.165, 1.54) is 89.8 Å². The first-order valence-electron chi connectivity index (χ1n) is 16.4. The predicted molar refractivity (Wildman–Crippen MR) is 183 cm³/mol. The van der Waals surface area contributed by atoms with E-state index in [0.717, 1.165) is 0 Å². The molecule has 0 fully saturated rings. The van der Waals surface area contributed by atoms with Crippen LogP contribution in [0.3, 0.4) is 0 Å². The van der Waals surface area contributed by atoms with Gasteiger partial charge in [0.1, 0.15) is 0 Å². The van der Waals surface area contributed by atoms with Crippen LogP contribution in [-0.4, -0.2) is 0 Å². The van der Waals surface area contributed by atoms with Crippen molar-refractivity contribution in [3.05, 3.63) is 114 Å². The van der Waals surface area contributed by atoms with Crippen molar-refractivity contribution >= 4 is 17.1 Å². The number of rotatable bonds is 12. The van der Waals surface area contributed by atoms with Gasteiger partial charge in [0.25, 0.3) is 0 Å². The minimum atomic E-state index is 0.118.